The number of rotatable bonds is 9. The third kappa shape index (κ3) is 7.10. The van der Waals surface area contributed by atoms with Gasteiger partial charge in [-0.3, -0.25) is 0 Å². The summed E-state index contributed by atoms with van der Waals surface area (Å²) >= 11 is 0. The fraction of sp³-hybridized carbons (Fsp3) is 0.200. The van der Waals surface area contributed by atoms with Crippen molar-refractivity contribution in [2.75, 3.05) is 6.61 Å². The molecule has 5 nitrogen and oxygen atoms in total. The van der Waals surface area contributed by atoms with Gasteiger partial charge in [0.1, 0.15) is 12.4 Å². The lowest BCUT2D eigenvalue weighted by atomic mass is 10.0. The van der Waals surface area contributed by atoms with Crippen molar-refractivity contribution < 1.29 is 32.6 Å². The Hall–Kier alpha value is -3.81. The lowest BCUT2D eigenvalue weighted by Crippen LogP contribution is -2.10. The van der Waals surface area contributed by atoms with Crippen LogP contribution >= 0.6 is 0 Å². The Morgan fingerprint density at radius 1 is 0.970 bits per heavy atom. The number of alkyl halides is 3. The van der Waals surface area contributed by atoms with Crippen LogP contribution < -0.4 is 4.74 Å². The van der Waals surface area contributed by atoms with Gasteiger partial charge in [-0.15, -0.1) is 0 Å². The number of halogens is 3. The number of carboxylic acid groups (broad SMARTS) is 1. The van der Waals surface area contributed by atoms with Crippen molar-refractivity contribution in [3.63, 3.8) is 0 Å². The van der Waals surface area contributed by atoms with E-state index in [0.717, 1.165) is 28.8 Å². The van der Waals surface area contributed by atoms with Gasteiger partial charge in [-0.1, -0.05) is 59.8 Å². The third-order valence-corrected chi connectivity index (χ3v) is 4.76. The molecule has 0 atom stereocenters. The molecule has 0 saturated carbocycles. The quantitative estimate of drug-likeness (QED) is 0.334. The van der Waals surface area contributed by atoms with Crippen LogP contribution in [0.2, 0.25) is 0 Å². The number of oxime groups is 1. The highest BCUT2D eigenvalue weighted by Crippen LogP contribution is 2.29. The minimum absolute atomic E-state index is 0.0233. The first-order valence-corrected chi connectivity index (χ1v) is 10.1. The highest BCUT2D eigenvalue weighted by atomic mass is 19.4. The van der Waals surface area contributed by atoms with Crippen LogP contribution in [0.4, 0.5) is 13.2 Å². The molecule has 0 aromatic heterocycles. The molecular formula is C25H22F3NO4. The number of carbonyl (C=O) groups is 1. The van der Waals surface area contributed by atoms with E-state index in [-0.39, 0.29) is 6.61 Å². The molecule has 0 amide bonds. The zero-order valence-electron chi connectivity index (χ0n) is 17.8. The molecule has 0 aliphatic heterocycles. The second-order valence-electron chi connectivity index (χ2n) is 7.33. The maximum Gasteiger partial charge on any atom is 0.416 e. The van der Waals surface area contributed by atoms with Gasteiger partial charge in [0.25, 0.3) is 0 Å². The average Bonchev–Trinajstić information content (AvgIpc) is 2.78. The summed E-state index contributed by atoms with van der Waals surface area (Å²) in [6.07, 6.45) is -3.96. The van der Waals surface area contributed by atoms with Crippen LogP contribution in [0.3, 0.4) is 0 Å². The molecule has 1 N–H and O–H groups in total. The van der Waals surface area contributed by atoms with E-state index >= 15 is 0 Å². The van der Waals surface area contributed by atoms with Crippen LogP contribution in [0.15, 0.2) is 78.0 Å². The SMILES string of the molecule is Cc1cc(CC(=NOCc2ccc(C(F)(F)F)cc2)c2ccccc2)ccc1OCC(=O)O. The molecule has 3 aromatic carbocycles. The molecule has 0 fully saturated rings. The second kappa shape index (κ2) is 10.7. The lowest BCUT2D eigenvalue weighted by Gasteiger charge is -2.11. The minimum atomic E-state index is -4.38. The number of hydrogen-bond donors (Lipinski definition) is 1. The predicted molar refractivity (Wildman–Crippen MR) is 117 cm³/mol. The van der Waals surface area contributed by atoms with Crippen LogP contribution in [0, 0.1) is 6.92 Å². The van der Waals surface area contributed by atoms with Crippen LogP contribution in [-0.4, -0.2) is 23.4 Å². The number of aryl methyl sites for hydroxylation is 1. The summed E-state index contributed by atoms with van der Waals surface area (Å²) in [4.78, 5) is 16.2. The average molecular weight is 457 g/mol. The summed E-state index contributed by atoms with van der Waals surface area (Å²) in [5.74, 6) is -0.569. The van der Waals surface area contributed by atoms with Gasteiger partial charge < -0.3 is 14.7 Å². The Labute approximate surface area is 189 Å². The Bertz CT molecular complexity index is 1110. The summed E-state index contributed by atoms with van der Waals surface area (Å²) in [6.45, 7) is 1.42. The zero-order chi connectivity index (χ0) is 23.8. The van der Waals surface area contributed by atoms with Crippen LogP contribution in [0.25, 0.3) is 0 Å². The largest absolute Gasteiger partial charge is 0.482 e. The van der Waals surface area contributed by atoms with Crippen LogP contribution in [0.1, 0.15) is 27.8 Å². The first-order chi connectivity index (χ1) is 15.7. The molecule has 0 saturated heterocycles. The van der Waals surface area contributed by atoms with E-state index in [2.05, 4.69) is 5.16 Å². The molecule has 0 heterocycles. The molecule has 0 radical (unpaired) electrons. The highest BCUT2D eigenvalue weighted by Gasteiger charge is 2.29. The molecule has 0 bridgehead atoms. The van der Waals surface area contributed by atoms with E-state index in [1.165, 1.54) is 12.1 Å². The second-order valence-corrected chi connectivity index (χ2v) is 7.33. The third-order valence-electron chi connectivity index (χ3n) is 4.76. The Balaban J connectivity index is 1.73. The molecule has 3 rings (SSSR count). The van der Waals surface area contributed by atoms with E-state index in [1.807, 2.05) is 49.4 Å². The van der Waals surface area contributed by atoms with Gasteiger partial charge in [-0.05, 0) is 47.4 Å². The van der Waals surface area contributed by atoms with E-state index in [4.69, 9.17) is 14.7 Å². The fourth-order valence-electron chi connectivity index (χ4n) is 3.11. The Morgan fingerprint density at radius 3 is 2.24 bits per heavy atom. The molecule has 0 aliphatic carbocycles. The number of hydrogen-bond acceptors (Lipinski definition) is 4. The van der Waals surface area contributed by atoms with Gasteiger partial charge in [0, 0.05) is 6.42 Å². The fourth-order valence-corrected chi connectivity index (χ4v) is 3.11. The first-order valence-electron chi connectivity index (χ1n) is 10.1. The van der Waals surface area contributed by atoms with Crippen molar-refractivity contribution in [1.82, 2.24) is 0 Å². The molecule has 3 aromatic rings. The topological polar surface area (TPSA) is 68.1 Å². The molecular weight excluding hydrogens is 435 g/mol. The maximum absolute atomic E-state index is 12.7. The summed E-state index contributed by atoms with van der Waals surface area (Å²) in [6, 6.07) is 19.5. The number of aliphatic carboxylic acids is 1. The standard InChI is InChI=1S/C25H22F3NO4/c1-17-13-19(9-12-23(17)32-16-24(30)31)14-22(20-5-3-2-4-6-20)29-33-15-18-7-10-21(11-8-18)25(26,27)28/h2-13H,14-16H2,1H3,(H,30,31). The highest BCUT2D eigenvalue weighted by molar-refractivity contribution is 6.01. The maximum atomic E-state index is 12.7. The first kappa shape index (κ1) is 23.8. The van der Waals surface area contributed by atoms with E-state index in [1.54, 1.807) is 6.07 Å². The number of ether oxygens (including phenoxy) is 1. The van der Waals surface area contributed by atoms with Gasteiger partial charge >= 0.3 is 12.1 Å². The smallest absolute Gasteiger partial charge is 0.416 e. The lowest BCUT2D eigenvalue weighted by molar-refractivity contribution is -0.139. The number of benzene rings is 3. The normalized spacial score (nSPS) is 11.8. The summed E-state index contributed by atoms with van der Waals surface area (Å²) < 4.78 is 43.4. The minimum Gasteiger partial charge on any atom is -0.482 e. The summed E-state index contributed by atoms with van der Waals surface area (Å²) in [5, 5.41) is 13.0. The van der Waals surface area contributed by atoms with Crippen LogP contribution in [0.5, 0.6) is 5.75 Å². The number of nitrogens with zero attached hydrogens (tertiary/aromatic N) is 1. The molecule has 33 heavy (non-hydrogen) atoms. The van der Waals surface area contributed by atoms with Crippen LogP contribution in [-0.2, 0) is 28.8 Å². The van der Waals surface area contributed by atoms with Crippen molar-refractivity contribution >= 4 is 11.7 Å². The predicted octanol–water partition coefficient (Wildman–Crippen LogP) is 5.64. The molecule has 8 heteroatoms. The van der Waals surface area contributed by atoms with Crippen molar-refractivity contribution in [2.24, 2.45) is 5.16 Å². The molecule has 0 aliphatic rings. The van der Waals surface area contributed by atoms with Crippen molar-refractivity contribution in [2.45, 2.75) is 26.1 Å². The van der Waals surface area contributed by atoms with E-state index < -0.39 is 24.3 Å². The van der Waals surface area contributed by atoms with Gasteiger partial charge in [-0.25, -0.2) is 4.79 Å². The van der Waals surface area contributed by atoms with Gasteiger partial charge in [0.2, 0.25) is 0 Å². The molecule has 0 unspecified atom stereocenters. The monoisotopic (exact) mass is 457 g/mol. The molecule has 172 valence electrons. The van der Waals surface area contributed by atoms with Crippen molar-refractivity contribution in [3.8, 4) is 5.75 Å². The Kier molecular flexibility index (Phi) is 7.71. The number of carboxylic acids is 1. The van der Waals surface area contributed by atoms with Gasteiger partial charge in [0.15, 0.2) is 6.61 Å². The van der Waals surface area contributed by atoms with Crippen molar-refractivity contribution in [3.05, 3.63) is 101 Å². The van der Waals surface area contributed by atoms with E-state index in [9.17, 15) is 18.0 Å². The van der Waals surface area contributed by atoms with Gasteiger partial charge in [0.05, 0.1) is 11.3 Å². The molecule has 0 spiro atoms. The van der Waals surface area contributed by atoms with Gasteiger partial charge in [-0.2, -0.15) is 13.2 Å². The van der Waals surface area contributed by atoms with E-state index in [0.29, 0.717) is 23.4 Å². The summed E-state index contributed by atoms with van der Waals surface area (Å²) in [5.41, 5.74) is 3.03. The Morgan fingerprint density at radius 2 is 1.64 bits per heavy atom. The van der Waals surface area contributed by atoms with Crippen molar-refractivity contribution in [1.29, 1.82) is 0 Å². The zero-order valence-corrected chi connectivity index (χ0v) is 17.8. The summed E-state index contributed by atoms with van der Waals surface area (Å²) in [7, 11) is 0.